The Morgan fingerprint density at radius 3 is 1.35 bits per heavy atom. The molecule has 0 fully saturated rings. The fraction of sp³-hybridized carbons (Fsp3) is 0. The molecule has 2 heteroatoms. The fourth-order valence-corrected chi connectivity index (χ4v) is 8.66. The van der Waals surface area contributed by atoms with E-state index in [0.717, 1.165) is 66.8 Å². The molecular formula is C58H39NO. The molecule has 0 aliphatic heterocycles. The summed E-state index contributed by atoms with van der Waals surface area (Å²) in [5, 5.41) is 4.66. The Hall–Kier alpha value is -7.94. The van der Waals surface area contributed by atoms with Gasteiger partial charge < -0.3 is 9.32 Å². The van der Waals surface area contributed by atoms with Crippen molar-refractivity contribution in [2.45, 2.75) is 0 Å². The van der Waals surface area contributed by atoms with Gasteiger partial charge in [0.2, 0.25) is 0 Å². The summed E-state index contributed by atoms with van der Waals surface area (Å²) >= 11 is 0. The van der Waals surface area contributed by atoms with Gasteiger partial charge in [-0.05, 0) is 97.2 Å². The van der Waals surface area contributed by atoms with Crippen molar-refractivity contribution in [1.29, 1.82) is 0 Å². The molecule has 60 heavy (non-hydrogen) atoms. The van der Waals surface area contributed by atoms with E-state index in [9.17, 15) is 0 Å². The summed E-state index contributed by atoms with van der Waals surface area (Å²) in [5.41, 5.74) is 16.4. The standard InChI is InChI=1S/C58H39NO/c1-4-13-40(14-5-1)42-23-25-43(26-24-42)44-29-33-50(34-30-44)59(51-35-31-45(32-36-51)49-28-27-41-15-10-11-20-48(41)39-49)55-38-37-52(46-16-6-2-7-17-46)56-54-22-12-21-53(57(54)60-58(55)56)47-18-8-3-9-19-47/h1-39H. The molecule has 0 radical (unpaired) electrons. The van der Waals surface area contributed by atoms with Gasteiger partial charge in [0.1, 0.15) is 5.58 Å². The minimum absolute atomic E-state index is 0.842. The van der Waals surface area contributed by atoms with Crippen molar-refractivity contribution < 1.29 is 4.42 Å². The molecule has 0 saturated heterocycles. The van der Waals surface area contributed by atoms with Crippen molar-refractivity contribution in [3.63, 3.8) is 0 Å². The second-order valence-electron chi connectivity index (χ2n) is 15.3. The summed E-state index contributed by atoms with van der Waals surface area (Å²) in [6.07, 6.45) is 0. The van der Waals surface area contributed by atoms with Crippen LogP contribution in [-0.2, 0) is 0 Å². The number of hydrogen-bond donors (Lipinski definition) is 0. The van der Waals surface area contributed by atoms with Gasteiger partial charge in [0.05, 0.1) is 5.69 Å². The number of benzene rings is 10. The largest absolute Gasteiger partial charge is 0.453 e. The van der Waals surface area contributed by atoms with Crippen LogP contribution in [0, 0.1) is 0 Å². The molecule has 282 valence electrons. The van der Waals surface area contributed by atoms with E-state index in [-0.39, 0.29) is 0 Å². The third kappa shape index (κ3) is 6.41. The Balaban J connectivity index is 1.08. The number of rotatable bonds is 8. The van der Waals surface area contributed by atoms with Crippen LogP contribution in [0.1, 0.15) is 0 Å². The maximum absolute atomic E-state index is 7.19. The van der Waals surface area contributed by atoms with Gasteiger partial charge in [0, 0.05) is 27.7 Å². The average molecular weight is 766 g/mol. The minimum atomic E-state index is 0.842. The lowest BCUT2D eigenvalue weighted by Gasteiger charge is -2.26. The SMILES string of the molecule is c1ccc(-c2ccc(-c3ccc(N(c4ccc(-c5ccc6ccccc6c5)cc4)c4ccc(-c5ccccc5)c5c4oc4c(-c6ccccc6)cccc45)cc3)cc2)cc1. The first-order valence-corrected chi connectivity index (χ1v) is 20.5. The van der Waals surface area contributed by atoms with Gasteiger partial charge in [-0.15, -0.1) is 0 Å². The molecule has 0 atom stereocenters. The molecule has 2 nitrogen and oxygen atoms in total. The summed E-state index contributed by atoms with van der Waals surface area (Å²) in [7, 11) is 0. The van der Waals surface area contributed by atoms with Gasteiger partial charge in [-0.25, -0.2) is 0 Å². The zero-order chi connectivity index (χ0) is 39.8. The highest BCUT2D eigenvalue weighted by atomic mass is 16.3. The zero-order valence-electron chi connectivity index (χ0n) is 32.9. The van der Waals surface area contributed by atoms with Crippen LogP contribution < -0.4 is 4.90 Å². The summed E-state index contributed by atoms with van der Waals surface area (Å²) in [6, 6.07) is 84.6. The zero-order valence-corrected chi connectivity index (χ0v) is 32.9. The topological polar surface area (TPSA) is 16.4 Å². The van der Waals surface area contributed by atoms with Crippen molar-refractivity contribution in [2.75, 3.05) is 4.90 Å². The minimum Gasteiger partial charge on any atom is -0.453 e. The highest BCUT2D eigenvalue weighted by Crippen LogP contribution is 2.48. The van der Waals surface area contributed by atoms with Gasteiger partial charge >= 0.3 is 0 Å². The van der Waals surface area contributed by atoms with Crippen LogP contribution in [0.25, 0.3) is 88.3 Å². The van der Waals surface area contributed by atoms with E-state index in [1.54, 1.807) is 0 Å². The highest BCUT2D eigenvalue weighted by molar-refractivity contribution is 6.19. The van der Waals surface area contributed by atoms with E-state index >= 15 is 0 Å². The summed E-state index contributed by atoms with van der Waals surface area (Å²) in [6.45, 7) is 0. The van der Waals surface area contributed by atoms with E-state index in [1.807, 2.05) is 0 Å². The van der Waals surface area contributed by atoms with Crippen LogP contribution in [-0.4, -0.2) is 0 Å². The van der Waals surface area contributed by atoms with Gasteiger partial charge in [-0.2, -0.15) is 0 Å². The smallest absolute Gasteiger partial charge is 0.160 e. The van der Waals surface area contributed by atoms with Crippen molar-refractivity contribution in [3.8, 4) is 55.6 Å². The molecular weight excluding hydrogens is 727 g/mol. The number of anilines is 3. The van der Waals surface area contributed by atoms with Crippen LogP contribution >= 0.6 is 0 Å². The van der Waals surface area contributed by atoms with Crippen LogP contribution in [0.5, 0.6) is 0 Å². The van der Waals surface area contributed by atoms with Crippen molar-refractivity contribution in [1.82, 2.24) is 0 Å². The van der Waals surface area contributed by atoms with Gasteiger partial charge in [-0.3, -0.25) is 0 Å². The lowest BCUT2D eigenvalue weighted by molar-refractivity contribution is 0.670. The van der Waals surface area contributed by atoms with E-state index in [2.05, 4.69) is 241 Å². The van der Waals surface area contributed by atoms with E-state index in [1.165, 1.54) is 38.6 Å². The maximum atomic E-state index is 7.19. The number of fused-ring (bicyclic) bond motifs is 4. The van der Waals surface area contributed by atoms with E-state index in [0.29, 0.717) is 0 Å². The van der Waals surface area contributed by atoms with Crippen LogP contribution in [0.15, 0.2) is 241 Å². The number of nitrogens with zero attached hydrogens (tertiary/aromatic N) is 1. The van der Waals surface area contributed by atoms with Gasteiger partial charge in [-0.1, -0.05) is 200 Å². The molecule has 11 rings (SSSR count). The molecule has 1 heterocycles. The van der Waals surface area contributed by atoms with E-state index in [4.69, 9.17) is 4.42 Å². The predicted molar refractivity (Wildman–Crippen MR) is 253 cm³/mol. The van der Waals surface area contributed by atoms with E-state index < -0.39 is 0 Å². The lowest BCUT2D eigenvalue weighted by Crippen LogP contribution is -2.10. The highest BCUT2D eigenvalue weighted by Gasteiger charge is 2.24. The van der Waals surface area contributed by atoms with Crippen molar-refractivity contribution in [3.05, 3.63) is 237 Å². The Labute approximate surface area is 349 Å². The molecule has 1 aromatic heterocycles. The van der Waals surface area contributed by atoms with Crippen molar-refractivity contribution >= 4 is 49.8 Å². The summed E-state index contributed by atoms with van der Waals surface area (Å²) < 4.78 is 7.19. The number of furan rings is 1. The van der Waals surface area contributed by atoms with Gasteiger partial charge in [0.25, 0.3) is 0 Å². The molecule has 0 bridgehead atoms. The maximum Gasteiger partial charge on any atom is 0.160 e. The first-order valence-electron chi connectivity index (χ1n) is 20.5. The Bertz CT molecular complexity index is 3260. The molecule has 0 aliphatic carbocycles. The Morgan fingerprint density at radius 1 is 0.283 bits per heavy atom. The van der Waals surface area contributed by atoms with Crippen LogP contribution in [0.2, 0.25) is 0 Å². The molecule has 11 aromatic rings. The third-order valence-corrected chi connectivity index (χ3v) is 11.7. The second kappa shape index (κ2) is 15.1. The molecule has 10 aromatic carbocycles. The fourth-order valence-electron chi connectivity index (χ4n) is 8.66. The number of hydrogen-bond acceptors (Lipinski definition) is 2. The molecule has 0 spiro atoms. The average Bonchev–Trinajstić information content (AvgIpc) is 3.73. The molecule has 0 aliphatic rings. The van der Waals surface area contributed by atoms with Gasteiger partial charge in [0.15, 0.2) is 5.58 Å². The molecule has 0 unspecified atom stereocenters. The molecule has 0 N–H and O–H groups in total. The van der Waals surface area contributed by atoms with Crippen LogP contribution in [0.3, 0.4) is 0 Å². The summed E-state index contributed by atoms with van der Waals surface area (Å²) in [5.74, 6) is 0. The Morgan fingerprint density at radius 2 is 0.750 bits per heavy atom. The monoisotopic (exact) mass is 765 g/mol. The lowest BCUT2D eigenvalue weighted by atomic mass is 9.96. The number of para-hydroxylation sites is 1. The summed E-state index contributed by atoms with van der Waals surface area (Å²) in [4.78, 5) is 2.34. The quantitative estimate of drug-likeness (QED) is 0.153. The third-order valence-electron chi connectivity index (χ3n) is 11.7. The van der Waals surface area contributed by atoms with Crippen LogP contribution in [0.4, 0.5) is 17.1 Å². The van der Waals surface area contributed by atoms with Crippen molar-refractivity contribution in [2.24, 2.45) is 0 Å². The second-order valence-corrected chi connectivity index (χ2v) is 15.3. The molecule has 0 amide bonds. The molecule has 0 saturated carbocycles. The first-order chi connectivity index (χ1) is 29.7. The predicted octanol–water partition coefficient (Wildman–Crippen LogP) is 16.5. The first kappa shape index (κ1) is 35.2. The normalized spacial score (nSPS) is 11.3. The Kier molecular flexibility index (Phi) is 8.87.